The molecule has 164 valence electrons. The summed E-state index contributed by atoms with van der Waals surface area (Å²) in [6.07, 6.45) is 7.15. The van der Waals surface area contributed by atoms with E-state index in [0.717, 1.165) is 57.3 Å². The van der Waals surface area contributed by atoms with Crippen molar-refractivity contribution in [1.82, 2.24) is 15.1 Å². The molecular formula is C21H35IN4O3. The van der Waals surface area contributed by atoms with E-state index in [1.165, 1.54) is 26.4 Å². The van der Waals surface area contributed by atoms with Gasteiger partial charge in [0, 0.05) is 19.6 Å². The molecule has 3 heterocycles. The van der Waals surface area contributed by atoms with Gasteiger partial charge < -0.3 is 19.4 Å². The number of nitrogens with zero attached hydrogens (tertiary/aromatic N) is 3. The van der Waals surface area contributed by atoms with Crippen molar-refractivity contribution in [1.29, 1.82) is 0 Å². The normalized spacial score (nSPS) is 20.1. The molecular weight excluding hydrogens is 483 g/mol. The van der Waals surface area contributed by atoms with Gasteiger partial charge in [-0.15, -0.1) is 24.0 Å². The van der Waals surface area contributed by atoms with Gasteiger partial charge in [-0.2, -0.15) is 0 Å². The highest BCUT2D eigenvalue weighted by molar-refractivity contribution is 14.0. The van der Waals surface area contributed by atoms with Gasteiger partial charge in [0.1, 0.15) is 5.76 Å². The molecule has 0 saturated carbocycles. The van der Waals surface area contributed by atoms with Gasteiger partial charge in [0.05, 0.1) is 31.9 Å². The lowest BCUT2D eigenvalue weighted by Crippen LogP contribution is -2.47. The number of nitrogens with one attached hydrogen (secondary N) is 1. The van der Waals surface area contributed by atoms with E-state index < -0.39 is 0 Å². The number of ether oxygens (including phenoxy) is 1. The molecule has 0 spiro atoms. The van der Waals surface area contributed by atoms with Crippen molar-refractivity contribution in [2.24, 2.45) is 10.9 Å². The smallest absolute Gasteiger partial charge is 0.308 e. The predicted octanol–water partition coefficient (Wildman–Crippen LogP) is 3.28. The summed E-state index contributed by atoms with van der Waals surface area (Å²) >= 11 is 0. The molecule has 8 heteroatoms. The molecule has 1 unspecified atom stereocenters. The third kappa shape index (κ3) is 6.60. The van der Waals surface area contributed by atoms with Crippen LogP contribution in [0.2, 0.25) is 0 Å². The molecule has 2 saturated heterocycles. The Balaban J connectivity index is 0.00000300. The van der Waals surface area contributed by atoms with Crippen molar-refractivity contribution in [2.75, 3.05) is 46.4 Å². The minimum Gasteiger partial charge on any atom is -0.469 e. The van der Waals surface area contributed by atoms with Crippen molar-refractivity contribution in [3.63, 3.8) is 0 Å². The highest BCUT2D eigenvalue weighted by Gasteiger charge is 2.28. The molecule has 1 aromatic rings. The maximum Gasteiger partial charge on any atom is 0.308 e. The molecule has 2 fully saturated rings. The van der Waals surface area contributed by atoms with Crippen LogP contribution in [0.25, 0.3) is 0 Å². The summed E-state index contributed by atoms with van der Waals surface area (Å²) < 4.78 is 10.6. The third-order valence-corrected chi connectivity index (χ3v) is 5.78. The van der Waals surface area contributed by atoms with Crippen LogP contribution in [-0.4, -0.2) is 68.1 Å². The summed E-state index contributed by atoms with van der Waals surface area (Å²) in [6.45, 7) is 7.43. The summed E-state index contributed by atoms with van der Waals surface area (Å²) in [5.41, 5.74) is 0. The average molecular weight is 518 g/mol. The molecule has 29 heavy (non-hydrogen) atoms. The Kier molecular flexibility index (Phi) is 10.3. The number of piperidine rings is 2. The molecule has 2 aliphatic heterocycles. The van der Waals surface area contributed by atoms with E-state index in [9.17, 15) is 4.79 Å². The van der Waals surface area contributed by atoms with E-state index in [-0.39, 0.29) is 41.9 Å². The van der Waals surface area contributed by atoms with Crippen LogP contribution in [0.4, 0.5) is 0 Å². The zero-order valence-corrected chi connectivity index (χ0v) is 20.0. The van der Waals surface area contributed by atoms with Gasteiger partial charge in [-0.3, -0.25) is 14.7 Å². The Bertz CT molecular complexity index is 624. The van der Waals surface area contributed by atoms with Gasteiger partial charge in [0.15, 0.2) is 5.96 Å². The van der Waals surface area contributed by atoms with E-state index in [1.807, 2.05) is 6.07 Å². The van der Waals surface area contributed by atoms with Crippen molar-refractivity contribution in [2.45, 2.75) is 45.1 Å². The van der Waals surface area contributed by atoms with Crippen LogP contribution in [-0.2, 0) is 9.53 Å². The van der Waals surface area contributed by atoms with Crippen molar-refractivity contribution >= 4 is 35.9 Å². The molecule has 0 radical (unpaired) electrons. The number of hydrogen-bond acceptors (Lipinski definition) is 5. The standard InChI is InChI=1S/C21H34N4O3.HI/c1-3-22-21(25-13-9-17(10-14-25)20(26)27-2)23-16-18(19-8-7-15-28-19)24-11-5-4-6-12-24;/h7-8,15,17-18H,3-6,9-14,16H2,1-2H3,(H,22,23);1H. The molecule has 0 aromatic carbocycles. The average Bonchev–Trinajstić information content (AvgIpc) is 3.28. The molecule has 0 bridgehead atoms. The van der Waals surface area contributed by atoms with Crippen LogP contribution in [0.5, 0.6) is 0 Å². The highest BCUT2D eigenvalue weighted by atomic mass is 127. The van der Waals surface area contributed by atoms with Gasteiger partial charge in [0.25, 0.3) is 0 Å². The van der Waals surface area contributed by atoms with Gasteiger partial charge >= 0.3 is 5.97 Å². The first kappa shape index (κ1) is 24.0. The van der Waals surface area contributed by atoms with Crippen LogP contribution in [0.3, 0.4) is 0 Å². The Labute approximate surface area is 191 Å². The number of rotatable bonds is 6. The fraction of sp³-hybridized carbons (Fsp3) is 0.714. The second kappa shape index (κ2) is 12.4. The first-order valence-electron chi connectivity index (χ1n) is 10.6. The van der Waals surface area contributed by atoms with Crippen molar-refractivity contribution in [3.8, 4) is 0 Å². The van der Waals surface area contributed by atoms with Crippen LogP contribution in [0.1, 0.15) is 50.8 Å². The minimum absolute atomic E-state index is 0. The summed E-state index contributed by atoms with van der Waals surface area (Å²) in [5, 5.41) is 3.42. The van der Waals surface area contributed by atoms with E-state index in [0.29, 0.717) is 6.54 Å². The number of aliphatic imine (C=N–C) groups is 1. The lowest BCUT2D eigenvalue weighted by molar-refractivity contribution is -0.146. The van der Waals surface area contributed by atoms with Crippen LogP contribution in [0.15, 0.2) is 27.8 Å². The van der Waals surface area contributed by atoms with Crippen molar-refractivity contribution in [3.05, 3.63) is 24.2 Å². The number of carbonyl (C=O) groups is 1. The topological polar surface area (TPSA) is 70.3 Å². The van der Waals surface area contributed by atoms with Crippen LogP contribution < -0.4 is 5.32 Å². The number of methoxy groups -OCH3 is 1. The minimum atomic E-state index is -0.0930. The number of hydrogen-bond donors (Lipinski definition) is 1. The zero-order chi connectivity index (χ0) is 19.8. The number of likely N-dealkylation sites (tertiary alicyclic amines) is 2. The van der Waals surface area contributed by atoms with E-state index in [1.54, 1.807) is 6.26 Å². The lowest BCUT2D eigenvalue weighted by Gasteiger charge is -2.35. The fourth-order valence-corrected chi connectivity index (χ4v) is 4.19. The maximum absolute atomic E-state index is 11.8. The third-order valence-electron chi connectivity index (χ3n) is 5.78. The molecule has 1 N–H and O–H groups in total. The van der Waals surface area contributed by atoms with E-state index in [2.05, 4.69) is 28.1 Å². The van der Waals surface area contributed by atoms with E-state index in [4.69, 9.17) is 14.1 Å². The summed E-state index contributed by atoms with van der Waals surface area (Å²) in [7, 11) is 1.47. The summed E-state index contributed by atoms with van der Waals surface area (Å²) in [4.78, 5) is 21.5. The SMILES string of the molecule is CCNC(=NCC(c1ccco1)N1CCCCC1)N1CCC(C(=O)OC)CC1.I. The van der Waals surface area contributed by atoms with Gasteiger partial charge in [-0.1, -0.05) is 6.42 Å². The van der Waals surface area contributed by atoms with Crippen molar-refractivity contribution < 1.29 is 13.9 Å². The van der Waals surface area contributed by atoms with Gasteiger partial charge in [0.2, 0.25) is 0 Å². The molecule has 7 nitrogen and oxygen atoms in total. The van der Waals surface area contributed by atoms with Gasteiger partial charge in [-0.05, 0) is 57.8 Å². The second-order valence-corrected chi connectivity index (χ2v) is 7.61. The van der Waals surface area contributed by atoms with Crippen LogP contribution in [0, 0.1) is 5.92 Å². The quantitative estimate of drug-likeness (QED) is 0.270. The molecule has 0 amide bonds. The number of carbonyl (C=O) groups excluding carboxylic acids is 1. The number of guanidine groups is 1. The number of furan rings is 1. The summed E-state index contributed by atoms with van der Waals surface area (Å²) in [6, 6.07) is 4.19. The predicted molar refractivity (Wildman–Crippen MR) is 125 cm³/mol. The first-order chi connectivity index (χ1) is 13.7. The second-order valence-electron chi connectivity index (χ2n) is 7.61. The number of halogens is 1. The van der Waals surface area contributed by atoms with Crippen LogP contribution >= 0.6 is 24.0 Å². The Hall–Kier alpha value is -1.29. The first-order valence-corrected chi connectivity index (χ1v) is 10.6. The fourth-order valence-electron chi connectivity index (χ4n) is 4.19. The Morgan fingerprint density at radius 3 is 2.59 bits per heavy atom. The monoisotopic (exact) mass is 518 g/mol. The molecule has 2 aliphatic rings. The Morgan fingerprint density at radius 2 is 2.00 bits per heavy atom. The zero-order valence-electron chi connectivity index (χ0n) is 17.6. The lowest BCUT2D eigenvalue weighted by atomic mass is 9.97. The maximum atomic E-state index is 11.8. The highest BCUT2D eigenvalue weighted by Crippen LogP contribution is 2.26. The molecule has 1 atom stereocenters. The van der Waals surface area contributed by atoms with Gasteiger partial charge in [-0.25, -0.2) is 0 Å². The molecule has 3 rings (SSSR count). The largest absolute Gasteiger partial charge is 0.469 e. The number of esters is 1. The summed E-state index contributed by atoms with van der Waals surface area (Å²) in [5.74, 6) is 1.84. The molecule has 1 aromatic heterocycles. The van der Waals surface area contributed by atoms with E-state index >= 15 is 0 Å². The Morgan fingerprint density at radius 1 is 1.28 bits per heavy atom. The molecule has 0 aliphatic carbocycles.